The highest BCUT2D eigenvalue weighted by Crippen LogP contribution is 2.37. The minimum atomic E-state index is 0.789. The molecule has 1 aromatic carbocycles. The molecule has 114 valence electrons. The first-order valence-electron chi connectivity index (χ1n) is 8.85. The van der Waals surface area contributed by atoms with Crippen molar-refractivity contribution >= 4 is 16.7 Å². The van der Waals surface area contributed by atoms with Crippen molar-refractivity contribution in [2.45, 2.75) is 51.0 Å². The van der Waals surface area contributed by atoms with Crippen molar-refractivity contribution < 1.29 is 0 Å². The highest BCUT2D eigenvalue weighted by Gasteiger charge is 2.27. The predicted octanol–water partition coefficient (Wildman–Crippen LogP) is 3.59. The van der Waals surface area contributed by atoms with Gasteiger partial charge in [-0.05, 0) is 48.4 Å². The highest BCUT2D eigenvalue weighted by molar-refractivity contribution is 6.06. The van der Waals surface area contributed by atoms with Gasteiger partial charge >= 0.3 is 0 Å². The molecule has 0 amide bonds. The van der Waals surface area contributed by atoms with E-state index in [0.717, 1.165) is 37.8 Å². The van der Waals surface area contributed by atoms with E-state index in [4.69, 9.17) is 4.99 Å². The molecular formula is C19H23N3. The van der Waals surface area contributed by atoms with Gasteiger partial charge in [0.25, 0.3) is 0 Å². The number of nitrogens with zero attached hydrogens (tertiary/aromatic N) is 2. The van der Waals surface area contributed by atoms with Crippen LogP contribution in [0.4, 0.5) is 0 Å². The second-order valence-electron chi connectivity index (χ2n) is 7.00. The lowest BCUT2D eigenvalue weighted by Gasteiger charge is -2.23. The van der Waals surface area contributed by atoms with Crippen LogP contribution >= 0.6 is 0 Å². The van der Waals surface area contributed by atoms with Crippen LogP contribution < -0.4 is 5.32 Å². The molecule has 0 unspecified atom stereocenters. The number of aromatic nitrogens is 1. The van der Waals surface area contributed by atoms with E-state index < -0.39 is 0 Å². The van der Waals surface area contributed by atoms with E-state index in [9.17, 15) is 0 Å². The minimum absolute atomic E-state index is 0.789. The molecule has 0 radical (unpaired) electrons. The molecule has 22 heavy (non-hydrogen) atoms. The molecule has 5 rings (SSSR count). The molecule has 1 aromatic heterocycles. The highest BCUT2D eigenvalue weighted by atomic mass is 15.1. The maximum absolute atomic E-state index is 4.69. The molecule has 2 aromatic rings. The maximum atomic E-state index is 4.69. The first-order chi connectivity index (χ1) is 10.9. The lowest BCUT2D eigenvalue weighted by Crippen LogP contribution is -2.38. The summed E-state index contributed by atoms with van der Waals surface area (Å²) in [6.45, 7) is 3.00. The Morgan fingerprint density at radius 2 is 2.05 bits per heavy atom. The molecule has 0 atom stereocenters. The molecule has 3 nitrogen and oxygen atoms in total. The molecule has 0 bridgehead atoms. The summed E-state index contributed by atoms with van der Waals surface area (Å²) in [5, 5.41) is 4.98. The fourth-order valence-electron chi connectivity index (χ4n) is 4.67. The monoisotopic (exact) mass is 293 g/mol. The summed E-state index contributed by atoms with van der Waals surface area (Å²) in [4.78, 5) is 4.69. The van der Waals surface area contributed by atoms with E-state index in [2.05, 4.69) is 28.1 Å². The predicted molar refractivity (Wildman–Crippen MR) is 90.9 cm³/mol. The number of aliphatic imine (C=N–C) groups is 1. The van der Waals surface area contributed by atoms with Crippen LogP contribution in [-0.2, 0) is 13.0 Å². The van der Waals surface area contributed by atoms with Crippen LogP contribution in [0.5, 0.6) is 0 Å². The molecule has 0 spiro atoms. The third-order valence-corrected chi connectivity index (χ3v) is 5.75. The third-order valence-electron chi connectivity index (χ3n) is 5.75. The van der Waals surface area contributed by atoms with Crippen LogP contribution in [0, 0.1) is 0 Å². The van der Waals surface area contributed by atoms with Crippen LogP contribution in [0.25, 0.3) is 10.9 Å². The Labute approximate surface area is 131 Å². The lowest BCUT2D eigenvalue weighted by molar-refractivity contribution is 0.444. The van der Waals surface area contributed by atoms with Gasteiger partial charge in [-0.1, -0.05) is 25.3 Å². The van der Waals surface area contributed by atoms with Gasteiger partial charge in [-0.15, -0.1) is 0 Å². The Morgan fingerprint density at radius 3 is 2.95 bits per heavy atom. The Bertz CT molecular complexity index is 763. The minimum Gasteiger partial charge on any atom is -0.367 e. The number of nitrogens with one attached hydrogen (secondary N) is 1. The van der Waals surface area contributed by atoms with Crippen LogP contribution in [-0.4, -0.2) is 23.5 Å². The molecule has 1 aliphatic carbocycles. The molecule has 1 N–H and O–H groups in total. The van der Waals surface area contributed by atoms with Crippen molar-refractivity contribution in [2.24, 2.45) is 4.99 Å². The lowest BCUT2D eigenvalue weighted by atomic mass is 9.83. The average molecular weight is 293 g/mol. The fraction of sp³-hybridized carbons (Fsp3) is 0.526. The van der Waals surface area contributed by atoms with Crippen molar-refractivity contribution in [1.29, 1.82) is 0 Å². The van der Waals surface area contributed by atoms with Crippen LogP contribution in [0.3, 0.4) is 0 Å². The van der Waals surface area contributed by atoms with Crippen molar-refractivity contribution in [2.75, 3.05) is 13.1 Å². The van der Waals surface area contributed by atoms with Gasteiger partial charge in [0.15, 0.2) is 0 Å². The van der Waals surface area contributed by atoms with Gasteiger partial charge in [0, 0.05) is 30.5 Å². The maximum Gasteiger partial charge on any atom is 0.145 e. The summed E-state index contributed by atoms with van der Waals surface area (Å²) >= 11 is 0. The van der Waals surface area contributed by atoms with E-state index in [1.807, 2.05) is 0 Å². The molecule has 3 heterocycles. The standard InChI is InChI=1S/C19H23N3/c1-2-4-13(5-3-1)14-6-7-17-16(12-14)15-8-9-20-19-18(15)22(17)11-10-21-19/h6-7,12-13H,1-5,8-11H2,(H,20,21). The van der Waals surface area contributed by atoms with E-state index >= 15 is 0 Å². The number of amidine groups is 1. The molecule has 3 aliphatic rings. The second kappa shape index (κ2) is 4.87. The zero-order valence-electron chi connectivity index (χ0n) is 13.1. The summed E-state index contributed by atoms with van der Waals surface area (Å²) in [5.74, 6) is 1.92. The molecule has 1 saturated carbocycles. The van der Waals surface area contributed by atoms with Crippen LogP contribution in [0.2, 0.25) is 0 Å². The van der Waals surface area contributed by atoms with Gasteiger partial charge in [-0.25, -0.2) is 0 Å². The number of benzene rings is 1. The Kier molecular flexibility index (Phi) is 2.82. The Balaban J connectivity index is 1.68. The van der Waals surface area contributed by atoms with E-state index in [0.29, 0.717) is 0 Å². The summed E-state index contributed by atoms with van der Waals surface area (Å²) in [6.07, 6.45) is 8.09. The number of rotatable bonds is 1. The van der Waals surface area contributed by atoms with Gasteiger partial charge < -0.3 is 9.88 Å². The first kappa shape index (κ1) is 12.7. The quantitative estimate of drug-likeness (QED) is 0.855. The molecular weight excluding hydrogens is 270 g/mol. The molecule has 1 fully saturated rings. The fourth-order valence-corrected chi connectivity index (χ4v) is 4.67. The average Bonchev–Trinajstić information content (AvgIpc) is 2.92. The van der Waals surface area contributed by atoms with E-state index in [1.54, 1.807) is 5.56 Å². The van der Waals surface area contributed by atoms with Gasteiger partial charge in [-0.3, -0.25) is 4.99 Å². The molecule has 2 aliphatic heterocycles. The molecule has 3 heteroatoms. The van der Waals surface area contributed by atoms with Crippen molar-refractivity contribution in [3.63, 3.8) is 0 Å². The van der Waals surface area contributed by atoms with Crippen molar-refractivity contribution in [3.05, 3.63) is 35.0 Å². The Morgan fingerprint density at radius 1 is 1.14 bits per heavy atom. The molecule has 0 saturated heterocycles. The van der Waals surface area contributed by atoms with Crippen molar-refractivity contribution in [3.8, 4) is 0 Å². The summed E-state index contributed by atoms with van der Waals surface area (Å²) in [5.41, 5.74) is 5.89. The number of fused-ring (bicyclic) bond motifs is 3. The zero-order valence-corrected chi connectivity index (χ0v) is 13.1. The van der Waals surface area contributed by atoms with E-state index in [-0.39, 0.29) is 0 Å². The van der Waals surface area contributed by atoms with Crippen LogP contribution in [0.15, 0.2) is 23.2 Å². The summed E-state index contributed by atoms with van der Waals surface area (Å²) < 4.78 is 2.49. The van der Waals surface area contributed by atoms with Crippen LogP contribution in [0.1, 0.15) is 54.8 Å². The number of hydrogen-bond donors (Lipinski definition) is 1. The third kappa shape index (κ3) is 1.77. The topological polar surface area (TPSA) is 29.3 Å². The number of hydrogen-bond acceptors (Lipinski definition) is 2. The van der Waals surface area contributed by atoms with Gasteiger partial charge in [0.05, 0.1) is 5.69 Å². The summed E-state index contributed by atoms with van der Waals surface area (Å²) in [6, 6.07) is 7.28. The van der Waals surface area contributed by atoms with Gasteiger partial charge in [0.2, 0.25) is 0 Å². The van der Waals surface area contributed by atoms with E-state index in [1.165, 1.54) is 54.3 Å². The second-order valence-corrected chi connectivity index (χ2v) is 7.00. The first-order valence-corrected chi connectivity index (χ1v) is 8.85. The van der Waals surface area contributed by atoms with Crippen molar-refractivity contribution in [1.82, 2.24) is 9.88 Å². The summed E-state index contributed by atoms with van der Waals surface area (Å²) in [7, 11) is 0. The zero-order chi connectivity index (χ0) is 14.5. The Hall–Kier alpha value is -1.77. The van der Waals surface area contributed by atoms with Gasteiger partial charge in [-0.2, -0.15) is 0 Å². The smallest absolute Gasteiger partial charge is 0.145 e. The largest absolute Gasteiger partial charge is 0.367 e. The normalized spacial score (nSPS) is 21.4. The SMILES string of the molecule is c1cc2c(cc1C1CCCCC1)c1c3n2CCNC3=NCC1. The van der Waals surface area contributed by atoms with Gasteiger partial charge in [0.1, 0.15) is 5.84 Å².